The normalized spacial score (nSPS) is 10.8. The van der Waals surface area contributed by atoms with Crippen molar-refractivity contribution in [1.82, 2.24) is 4.98 Å². The molecule has 0 saturated heterocycles. The van der Waals surface area contributed by atoms with Crippen molar-refractivity contribution in [2.45, 2.75) is 11.8 Å². The Balaban J connectivity index is 1.55. The fraction of sp³-hybridized carbons (Fsp3) is 0.0435. The van der Waals surface area contributed by atoms with Crippen LogP contribution in [-0.4, -0.2) is 10.8 Å². The Labute approximate surface area is 172 Å². The number of aromatic nitrogens is 1. The first kappa shape index (κ1) is 18.5. The number of benzene rings is 3. The van der Waals surface area contributed by atoms with Crippen molar-refractivity contribution in [2.24, 2.45) is 0 Å². The van der Waals surface area contributed by atoms with Gasteiger partial charge in [-0.1, -0.05) is 54.1 Å². The van der Waals surface area contributed by atoms with Crippen molar-refractivity contribution in [2.75, 3.05) is 4.72 Å². The predicted molar refractivity (Wildman–Crippen MR) is 117 cm³/mol. The monoisotopic (exact) mass is 404 g/mol. The van der Waals surface area contributed by atoms with Crippen LogP contribution in [-0.2, 0) is 0 Å². The van der Waals surface area contributed by atoms with E-state index < -0.39 is 0 Å². The number of carbonyl (C=O) groups excluding carboxylic acids is 1. The Morgan fingerprint density at radius 1 is 0.964 bits per heavy atom. The zero-order valence-corrected chi connectivity index (χ0v) is 16.7. The van der Waals surface area contributed by atoms with Crippen molar-refractivity contribution in [3.63, 3.8) is 0 Å². The molecule has 0 unspecified atom stereocenters. The van der Waals surface area contributed by atoms with Crippen LogP contribution in [0.5, 0.6) is 0 Å². The number of fused-ring (bicyclic) bond motifs is 1. The SMILES string of the molecule is Cc1ccccc1C(=O)c1ccc(SNc2ccnc3ccccc23)cc1Cl. The van der Waals surface area contributed by atoms with Gasteiger partial charge in [0.15, 0.2) is 5.78 Å². The van der Waals surface area contributed by atoms with Crippen LogP contribution in [0.3, 0.4) is 0 Å². The molecule has 0 saturated carbocycles. The van der Waals surface area contributed by atoms with Crippen molar-refractivity contribution >= 4 is 45.9 Å². The molecule has 1 N–H and O–H groups in total. The lowest BCUT2D eigenvalue weighted by atomic mass is 9.99. The number of anilines is 1. The number of ketones is 1. The average Bonchev–Trinajstić information content (AvgIpc) is 2.72. The zero-order chi connectivity index (χ0) is 19.5. The number of nitrogens with one attached hydrogen (secondary N) is 1. The van der Waals surface area contributed by atoms with E-state index in [4.69, 9.17) is 11.6 Å². The maximum Gasteiger partial charge on any atom is 0.194 e. The van der Waals surface area contributed by atoms with Crippen LogP contribution in [0, 0.1) is 6.92 Å². The number of rotatable bonds is 5. The summed E-state index contributed by atoms with van der Waals surface area (Å²) < 4.78 is 3.35. The van der Waals surface area contributed by atoms with E-state index in [9.17, 15) is 4.79 Å². The fourth-order valence-corrected chi connectivity index (χ4v) is 4.06. The maximum atomic E-state index is 12.8. The second-order valence-corrected chi connectivity index (χ2v) is 7.65. The van der Waals surface area contributed by atoms with Gasteiger partial charge in [-0.25, -0.2) is 0 Å². The molecule has 3 nitrogen and oxygen atoms in total. The minimum Gasteiger partial charge on any atom is -0.325 e. The number of hydrogen-bond donors (Lipinski definition) is 1. The second-order valence-electron chi connectivity index (χ2n) is 6.37. The third-order valence-electron chi connectivity index (χ3n) is 4.50. The van der Waals surface area contributed by atoms with Gasteiger partial charge in [0.25, 0.3) is 0 Å². The summed E-state index contributed by atoms with van der Waals surface area (Å²) in [6.45, 7) is 1.92. The molecule has 0 aliphatic carbocycles. The van der Waals surface area contributed by atoms with Gasteiger partial charge in [0.05, 0.1) is 16.2 Å². The number of nitrogens with zero attached hydrogens (tertiary/aromatic N) is 1. The summed E-state index contributed by atoms with van der Waals surface area (Å²) in [6, 6.07) is 22.9. The number of hydrogen-bond acceptors (Lipinski definition) is 4. The molecule has 28 heavy (non-hydrogen) atoms. The smallest absolute Gasteiger partial charge is 0.194 e. The number of para-hydroxylation sites is 1. The highest BCUT2D eigenvalue weighted by Crippen LogP contribution is 2.30. The van der Waals surface area contributed by atoms with E-state index in [1.807, 2.05) is 73.7 Å². The van der Waals surface area contributed by atoms with Gasteiger partial charge in [-0.2, -0.15) is 0 Å². The van der Waals surface area contributed by atoms with Gasteiger partial charge in [0.1, 0.15) is 0 Å². The van der Waals surface area contributed by atoms with Crippen LogP contribution < -0.4 is 4.72 Å². The number of aryl methyl sites for hydroxylation is 1. The summed E-state index contributed by atoms with van der Waals surface area (Å²) in [7, 11) is 0. The minimum absolute atomic E-state index is 0.0623. The first-order valence-corrected chi connectivity index (χ1v) is 9.99. The highest BCUT2D eigenvalue weighted by atomic mass is 35.5. The molecule has 1 aromatic heterocycles. The van der Waals surface area contributed by atoms with E-state index in [1.165, 1.54) is 11.9 Å². The van der Waals surface area contributed by atoms with Gasteiger partial charge in [-0.15, -0.1) is 0 Å². The Kier molecular flexibility index (Phi) is 5.33. The van der Waals surface area contributed by atoms with Crippen molar-refractivity contribution in [1.29, 1.82) is 0 Å². The summed E-state index contributed by atoms with van der Waals surface area (Å²) in [6.07, 6.45) is 1.78. The van der Waals surface area contributed by atoms with Gasteiger partial charge >= 0.3 is 0 Å². The largest absolute Gasteiger partial charge is 0.325 e. The molecular formula is C23H17ClN2OS. The molecule has 0 aliphatic rings. The molecule has 0 atom stereocenters. The van der Waals surface area contributed by atoms with Crippen LogP contribution in [0.25, 0.3) is 10.9 Å². The van der Waals surface area contributed by atoms with Crippen LogP contribution in [0.15, 0.2) is 83.9 Å². The summed E-state index contributed by atoms with van der Waals surface area (Å²) >= 11 is 7.88. The second kappa shape index (κ2) is 8.05. The molecular weight excluding hydrogens is 388 g/mol. The minimum atomic E-state index is -0.0623. The topological polar surface area (TPSA) is 42.0 Å². The zero-order valence-electron chi connectivity index (χ0n) is 15.1. The van der Waals surface area contributed by atoms with E-state index in [0.29, 0.717) is 16.1 Å². The van der Waals surface area contributed by atoms with Crippen molar-refractivity contribution < 1.29 is 4.79 Å². The Morgan fingerprint density at radius 3 is 2.57 bits per heavy atom. The van der Waals surface area contributed by atoms with Gasteiger partial charge in [0, 0.05) is 27.6 Å². The molecule has 0 aliphatic heterocycles. The van der Waals surface area contributed by atoms with Crippen molar-refractivity contribution in [3.8, 4) is 0 Å². The van der Waals surface area contributed by atoms with Gasteiger partial charge in [0.2, 0.25) is 0 Å². The van der Waals surface area contributed by atoms with Crippen molar-refractivity contribution in [3.05, 3.63) is 101 Å². The summed E-state index contributed by atoms with van der Waals surface area (Å²) in [5.74, 6) is -0.0623. The lowest BCUT2D eigenvalue weighted by Gasteiger charge is -2.10. The van der Waals surface area contributed by atoms with Gasteiger partial charge < -0.3 is 4.72 Å². The van der Waals surface area contributed by atoms with Crippen LogP contribution in [0.1, 0.15) is 21.5 Å². The molecule has 1 heterocycles. The highest BCUT2D eigenvalue weighted by molar-refractivity contribution is 8.00. The first-order chi connectivity index (χ1) is 13.6. The summed E-state index contributed by atoms with van der Waals surface area (Å²) in [5, 5.41) is 1.49. The van der Waals surface area contributed by atoms with Gasteiger partial charge in [-0.3, -0.25) is 9.78 Å². The molecule has 0 spiro atoms. The van der Waals surface area contributed by atoms with Crippen LogP contribution >= 0.6 is 23.5 Å². The number of halogens is 1. The van der Waals surface area contributed by atoms with E-state index in [1.54, 1.807) is 12.3 Å². The molecule has 0 amide bonds. The fourth-order valence-electron chi connectivity index (χ4n) is 3.01. The number of carbonyl (C=O) groups is 1. The van der Waals surface area contributed by atoms with E-state index in [2.05, 4.69) is 9.71 Å². The highest BCUT2D eigenvalue weighted by Gasteiger charge is 2.15. The van der Waals surface area contributed by atoms with E-state index in [0.717, 1.165) is 27.0 Å². The predicted octanol–water partition coefficient (Wildman–Crippen LogP) is 6.55. The van der Waals surface area contributed by atoms with E-state index >= 15 is 0 Å². The lowest BCUT2D eigenvalue weighted by molar-refractivity contribution is 0.103. The lowest BCUT2D eigenvalue weighted by Crippen LogP contribution is -2.04. The standard InChI is InChI=1S/C23H17ClN2OS/c1-15-6-2-3-7-17(15)23(27)18-11-10-16(14-20(18)24)28-26-22-12-13-25-21-9-5-4-8-19(21)22/h2-14H,1H3,(H,25,26). The maximum absolute atomic E-state index is 12.8. The third-order valence-corrected chi connectivity index (χ3v) is 5.63. The molecule has 4 aromatic rings. The molecule has 3 aromatic carbocycles. The quantitative estimate of drug-likeness (QED) is 0.302. The molecule has 0 fully saturated rings. The van der Waals surface area contributed by atoms with Crippen LogP contribution in [0.4, 0.5) is 5.69 Å². The van der Waals surface area contributed by atoms with Crippen LogP contribution in [0.2, 0.25) is 5.02 Å². The Bertz CT molecular complexity index is 1170. The molecule has 5 heteroatoms. The average molecular weight is 405 g/mol. The first-order valence-electron chi connectivity index (χ1n) is 8.80. The number of pyridine rings is 1. The van der Waals surface area contributed by atoms with Gasteiger partial charge in [-0.05, 0) is 54.8 Å². The third kappa shape index (κ3) is 3.75. The molecule has 138 valence electrons. The molecule has 0 bridgehead atoms. The Hall–Kier alpha value is -2.82. The summed E-state index contributed by atoms with van der Waals surface area (Å²) in [4.78, 5) is 18.1. The van der Waals surface area contributed by atoms with E-state index in [-0.39, 0.29) is 5.78 Å². The molecule has 0 radical (unpaired) electrons. The summed E-state index contributed by atoms with van der Waals surface area (Å²) in [5.41, 5.74) is 4.03. The molecule has 4 rings (SSSR count). The Morgan fingerprint density at radius 2 is 1.75 bits per heavy atom.